The van der Waals surface area contributed by atoms with Gasteiger partial charge in [0.15, 0.2) is 5.69 Å². The number of aromatic nitrogens is 2. The molecule has 1 aromatic heterocycles. The van der Waals surface area contributed by atoms with Gasteiger partial charge in [0.1, 0.15) is 5.69 Å². The predicted molar refractivity (Wildman–Crippen MR) is 85.8 cm³/mol. The van der Waals surface area contributed by atoms with Crippen LogP contribution in [0.5, 0.6) is 0 Å². The molecule has 2 heteroatoms. The third kappa shape index (κ3) is 2.70. The van der Waals surface area contributed by atoms with E-state index in [9.17, 15) is 0 Å². The Labute approximate surface area is 125 Å². The van der Waals surface area contributed by atoms with Crippen molar-refractivity contribution < 1.29 is 4.57 Å². The van der Waals surface area contributed by atoms with Gasteiger partial charge in [-0.25, -0.2) is 4.57 Å². The first kappa shape index (κ1) is 13.5. The molecular weight excluding hydrogens is 256 g/mol. The Balaban J connectivity index is 2.15. The molecule has 0 radical (unpaired) electrons. The molecule has 0 saturated carbocycles. The van der Waals surface area contributed by atoms with E-state index in [2.05, 4.69) is 78.0 Å². The standard InChI is InChI=1S/C19H19N2/c1-14-7-6-9-16(11-14)18-12-19(21(3)13-20-18)17-10-5-4-8-15(17)2/h4-13H,1-3H3/q+1. The van der Waals surface area contributed by atoms with Crippen LogP contribution in [0.3, 0.4) is 0 Å². The molecule has 0 unspecified atom stereocenters. The minimum atomic E-state index is 1.01. The molecule has 0 bridgehead atoms. The average molecular weight is 275 g/mol. The molecule has 1 heterocycles. The van der Waals surface area contributed by atoms with Gasteiger partial charge in [-0.15, -0.1) is 0 Å². The van der Waals surface area contributed by atoms with E-state index in [1.807, 2.05) is 13.4 Å². The van der Waals surface area contributed by atoms with Crippen LogP contribution in [0.1, 0.15) is 11.1 Å². The molecule has 0 N–H and O–H groups in total. The normalized spacial score (nSPS) is 10.6. The average Bonchev–Trinajstić information content (AvgIpc) is 2.49. The summed E-state index contributed by atoms with van der Waals surface area (Å²) in [5.74, 6) is 0. The summed E-state index contributed by atoms with van der Waals surface area (Å²) in [6.45, 7) is 4.25. The van der Waals surface area contributed by atoms with E-state index in [4.69, 9.17) is 0 Å². The quantitative estimate of drug-likeness (QED) is 0.649. The molecule has 0 atom stereocenters. The fourth-order valence-electron chi connectivity index (χ4n) is 2.57. The van der Waals surface area contributed by atoms with Crippen molar-refractivity contribution in [2.45, 2.75) is 13.8 Å². The number of aryl methyl sites for hydroxylation is 3. The maximum absolute atomic E-state index is 4.57. The first-order chi connectivity index (χ1) is 10.1. The highest BCUT2D eigenvalue weighted by Gasteiger charge is 2.14. The minimum Gasteiger partial charge on any atom is -0.232 e. The van der Waals surface area contributed by atoms with Crippen LogP contribution in [0.2, 0.25) is 0 Å². The molecule has 0 aliphatic heterocycles. The number of hydrogen-bond acceptors (Lipinski definition) is 1. The summed E-state index contributed by atoms with van der Waals surface area (Å²) in [5.41, 5.74) is 7.12. The van der Waals surface area contributed by atoms with Crippen molar-refractivity contribution in [1.29, 1.82) is 0 Å². The van der Waals surface area contributed by atoms with Gasteiger partial charge in [0, 0.05) is 17.2 Å². The van der Waals surface area contributed by atoms with E-state index in [-0.39, 0.29) is 0 Å². The van der Waals surface area contributed by atoms with E-state index in [0.717, 1.165) is 11.3 Å². The van der Waals surface area contributed by atoms with Crippen molar-refractivity contribution >= 4 is 0 Å². The Bertz CT molecular complexity index is 791. The fourth-order valence-corrected chi connectivity index (χ4v) is 2.57. The Morgan fingerprint density at radius 3 is 2.48 bits per heavy atom. The van der Waals surface area contributed by atoms with Gasteiger partial charge >= 0.3 is 0 Å². The number of hydrogen-bond donors (Lipinski definition) is 0. The summed E-state index contributed by atoms with van der Waals surface area (Å²) in [6.07, 6.45) is 1.89. The third-order valence-corrected chi connectivity index (χ3v) is 3.76. The lowest BCUT2D eigenvalue weighted by Crippen LogP contribution is -2.31. The molecule has 0 spiro atoms. The lowest BCUT2D eigenvalue weighted by Gasteiger charge is -2.07. The van der Waals surface area contributed by atoms with Gasteiger partial charge in [0.2, 0.25) is 0 Å². The number of benzene rings is 2. The lowest BCUT2D eigenvalue weighted by atomic mass is 10.0. The molecule has 104 valence electrons. The van der Waals surface area contributed by atoms with Crippen molar-refractivity contribution in [3.63, 3.8) is 0 Å². The van der Waals surface area contributed by atoms with Crippen LogP contribution < -0.4 is 4.57 Å². The summed E-state index contributed by atoms with van der Waals surface area (Å²) in [7, 11) is 2.04. The molecule has 0 aliphatic carbocycles. The van der Waals surface area contributed by atoms with Crippen molar-refractivity contribution in [1.82, 2.24) is 4.98 Å². The first-order valence-electron chi connectivity index (χ1n) is 7.14. The van der Waals surface area contributed by atoms with Gasteiger partial charge in [-0.2, -0.15) is 0 Å². The number of rotatable bonds is 2. The lowest BCUT2D eigenvalue weighted by molar-refractivity contribution is -0.663. The second-order valence-corrected chi connectivity index (χ2v) is 5.45. The molecule has 0 amide bonds. The van der Waals surface area contributed by atoms with E-state index in [1.54, 1.807) is 0 Å². The van der Waals surface area contributed by atoms with Crippen molar-refractivity contribution in [2.75, 3.05) is 0 Å². The summed E-state index contributed by atoms with van der Waals surface area (Å²) < 4.78 is 2.07. The molecule has 2 aromatic carbocycles. The maximum Gasteiger partial charge on any atom is 0.287 e. The topological polar surface area (TPSA) is 16.8 Å². The molecule has 3 aromatic rings. The zero-order valence-electron chi connectivity index (χ0n) is 12.7. The van der Waals surface area contributed by atoms with Gasteiger partial charge in [-0.05, 0) is 30.5 Å². The first-order valence-corrected chi connectivity index (χ1v) is 7.14. The Hall–Kier alpha value is -2.48. The van der Waals surface area contributed by atoms with Crippen LogP contribution >= 0.6 is 0 Å². The van der Waals surface area contributed by atoms with Crippen LogP contribution in [0.15, 0.2) is 60.9 Å². The van der Waals surface area contributed by atoms with Crippen LogP contribution in [-0.4, -0.2) is 4.98 Å². The highest BCUT2D eigenvalue weighted by atomic mass is 15.0. The fraction of sp³-hybridized carbons (Fsp3) is 0.158. The molecule has 0 aliphatic rings. The van der Waals surface area contributed by atoms with Gasteiger partial charge in [0.25, 0.3) is 6.33 Å². The van der Waals surface area contributed by atoms with Crippen molar-refractivity contribution in [2.24, 2.45) is 7.05 Å². The van der Waals surface area contributed by atoms with E-state index in [1.165, 1.54) is 22.4 Å². The van der Waals surface area contributed by atoms with Gasteiger partial charge < -0.3 is 0 Å². The van der Waals surface area contributed by atoms with Crippen LogP contribution in [0.25, 0.3) is 22.5 Å². The third-order valence-electron chi connectivity index (χ3n) is 3.76. The Morgan fingerprint density at radius 2 is 1.71 bits per heavy atom. The Morgan fingerprint density at radius 1 is 0.905 bits per heavy atom. The highest BCUT2D eigenvalue weighted by molar-refractivity contribution is 5.67. The molecule has 21 heavy (non-hydrogen) atoms. The maximum atomic E-state index is 4.57. The summed E-state index contributed by atoms with van der Waals surface area (Å²) in [6, 6.07) is 19.1. The van der Waals surface area contributed by atoms with Gasteiger partial charge in [-0.1, -0.05) is 48.0 Å². The van der Waals surface area contributed by atoms with E-state index >= 15 is 0 Å². The van der Waals surface area contributed by atoms with Crippen LogP contribution in [0.4, 0.5) is 0 Å². The summed E-state index contributed by atoms with van der Waals surface area (Å²) in [4.78, 5) is 4.57. The Kier molecular flexibility index (Phi) is 3.53. The SMILES string of the molecule is Cc1cccc(-c2cc(-c3ccccc3C)[n+](C)cn2)c1. The van der Waals surface area contributed by atoms with Crippen LogP contribution in [0, 0.1) is 13.8 Å². The van der Waals surface area contributed by atoms with Gasteiger partial charge in [0.05, 0.1) is 7.05 Å². The summed E-state index contributed by atoms with van der Waals surface area (Å²) in [5, 5.41) is 0. The van der Waals surface area contributed by atoms with Crippen molar-refractivity contribution in [3.05, 3.63) is 72.1 Å². The molecule has 0 fully saturated rings. The second-order valence-electron chi connectivity index (χ2n) is 5.45. The van der Waals surface area contributed by atoms with E-state index < -0.39 is 0 Å². The van der Waals surface area contributed by atoms with E-state index in [0.29, 0.717) is 0 Å². The zero-order valence-corrected chi connectivity index (χ0v) is 12.7. The predicted octanol–water partition coefficient (Wildman–Crippen LogP) is 3.86. The zero-order chi connectivity index (χ0) is 14.8. The number of nitrogens with zero attached hydrogens (tertiary/aromatic N) is 2. The van der Waals surface area contributed by atoms with Gasteiger partial charge in [-0.3, -0.25) is 0 Å². The smallest absolute Gasteiger partial charge is 0.232 e. The largest absolute Gasteiger partial charge is 0.287 e. The molecule has 2 nitrogen and oxygen atoms in total. The minimum absolute atomic E-state index is 1.01. The van der Waals surface area contributed by atoms with Crippen molar-refractivity contribution in [3.8, 4) is 22.5 Å². The monoisotopic (exact) mass is 275 g/mol. The molecular formula is C19H19N2+. The molecule has 0 saturated heterocycles. The van der Waals surface area contributed by atoms with Crippen LogP contribution in [-0.2, 0) is 7.05 Å². The second kappa shape index (κ2) is 5.49. The highest BCUT2D eigenvalue weighted by Crippen LogP contribution is 2.24. The summed E-state index contributed by atoms with van der Waals surface area (Å²) >= 11 is 0. The molecule has 3 rings (SSSR count).